The molecule has 3 amide bonds. The molecule has 0 aromatic heterocycles. The van der Waals surface area contributed by atoms with Crippen LogP contribution in [0.2, 0.25) is 0 Å². The van der Waals surface area contributed by atoms with E-state index in [4.69, 9.17) is 0 Å². The Bertz CT molecular complexity index is 594. The standard InChI is InChI=1S/C13H13F3N2O2/c1-12(2)10(19)18(11(20)17-12)7-4-5-9(14)8(6-7)13(3,15)16/h4-6H,1-3H3,(H,17,20). The molecule has 0 bridgehead atoms. The van der Waals surface area contributed by atoms with Crippen molar-refractivity contribution in [3.8, 4) is 0 Å². The van der Waals surface area contributed by atoms with Crippen molar-refractivity contribution in [2.45, 2.75) is 32.2 Å². The number of halogens is 3. The molecule has 0 radical (unpaired) electrons. The zero-order valence-electron chi connectivity index (χ0n) is 11.1. The summed E-state index contributed by atoms with van der Waals surface area (Å²) in [5.41, 5.74) is -2.07. The average molecular weight is 286 g/mol. The van der Waals surface area contributed by atoms with Crippen molar-refractivity contribution in [3.05, 3.63) is 29.6 Å². The number of nitrogens with one attached hydrogen (secondary N) is 1. The summed E-state index contributed by atoms with van der Waals surface area (Å²) in [5.74, 6) is -5.08. The van der Waals surface area contributed by atoms with Crippen LogP contribution in [-0.2, 0) is 10.7 Å². The number of carbonyl (C=O) groups excluding carboxylic acids is 2. The van der Waals surface area contributed by atoms with E-state index in [1.165, 1.54) is 13.8 Å². The molecule has 1 aromatic carbocycles. The van der Waals surface area contributed by atoms with E-state index >= 15 is 0 Å². The van der Waals surface area contributed by atoms with Crippen LogP contribution in [0.15, 0.2) is 18.2 Å². The highest BCUT2D eigenvalue weighted by Crippen LogP contribution is 2.33. The van der Waals surface area contributed by atoms with E-state index in [2.05, 4.69) is 5.32 Å². The third-order valence-corrected chi connectivity index (χ3v) is 3.04. The number of alkyl halides is 2. The Hall–Kier alpha value is -2.05. The predicted molar refractivity (Wildman–Crippen MR) is 66.1 cm³/mol. The lowest BCUT2D eigenvalue weighted by Crippen LogP contribution is -2.40. The van der Waals surface area contributed by atoms with E-state index in [1.54, 1.807) is 0 Å². The zero-order chi connectivity index (χ0) is 15.3. The minimum absolute atomic E-state index is 0.0870. The van der Waals surface area contributed by atoms with E-state index < -0.39 is 34.8 Å². The van der Waals surface area contributed by atoms with Crippen molar-refractivity contribution in [2.24, 2.45) is 0 Å². The fraction of sp³-hybridized carbons (Fsp3) is 0.385. The van der Waals surface area contributed by atoms with Gasteiger partial charge in [-0.1, -0.05) is 0 Å². The van der Waals surface area contributed by atoms with Gasteiger partial charge in [-0.05, 0) is 32.0 Å². The molecule has 20 heavy (non-hydrogen) atoms. The first kappa shape index (κ1) is 14.4. The number of hydrogen-bond donors (Lipinski definition) is 1. The second-order valence-corrected chi connectivity index (χ2v) is 5.25. The average Bonchev–Trinajstić information content (AvgIpc) is 2.48. The van der Waals surface area contributed by atoms with Crippen LogP contribution in [0.5, 0.6) is 0 Å². The fourth-order valence-corrected chi connectivity index (χ4v) is 1.97. The molecule has 0 spiro atoms. The molecule has 108 valence electrons. The second-order valence-electron chi connectivity index (χ2n) is 5.25. The Balaban J connectivity index is 2.50. The van der Waals surface area contributed by atoms with E-state index in [0.717, 1.165) is 23.1 Å². The normalized spacial score (nSPS) is 18.4. The van der Waals surface area contributed by atoms with Gasteiger partial charge in [-0.2, -0.15) is 0 Å². The Labute approximate surface area is 113 Å². The number of amides is 3. The number of urea groups is 1. The van der Waals surface area contributed by atoms with Gasteiger partial charge in [0.05, 0.1) is 11.3 Å². The minimum Gasteiger partial charge on any atom is -0.323 e. The van der Waals surface area contributed by atoms with Crippen LogP contribution in [0.3, 0.4) is 0 Å². The lowest BCUT2D eigenvalue weighted by Gasteiger charge is -2.18. The number of carbonyl (C=O) groups is 2. The van der Waals surface area contributed by atoms with Gasteiger partial charge in [0.25, 0.3) is 11.8 Å². The highest BCUT2D eigenvalue weighted by atomic mass is 19.3. The molecule has 1 aliphatic heterocycles. The summed E-state index contributed by atoms with van der Waals surface area (Å²) in [6, 6.07) is 2.02. The first-order chi connectivity index (χ1) is 9.04. The van der Waals surface area contributed by atoms with Gasteiger partial charge in [0.2, 0.25) is 0 Å². The molecule has 0 aliphatic carbocycles. The summed E-state index contributed by atoms with van der Waals surface area (Å²) in [7, 11) is 0. The van der Waals surface area contributed by atoms with E-state index in [-0.39, 0.29) is 5.69 Å². The summed E-state index contributed by atoms with van der Waals surface area (Å²) in [6.07, 6.45) is 0. The van der Waals surface area contributed by atoms with Crippen molar-refractivity contribution in [2.75, 3.05) is 4.90 Å². The first-order valence-electron chi connectivity index (χ1n) is 5.88. The molecule has 0 atom stereocenters. The number of imide groups is 1. The van der Waals surface area contributed by atoms with Crippen LogP contribution in [0.4, 0.5) is 23.7 Å². The Morgan fingerprint density at radius 1 is 1.25 bits per heavy atom. The maximum absolute atomic E-state index is 13.4. The molecule has 0 saturated carbocycles. The Morgan fingerprint density at radius 2 is 1.85 bits per heavy atom. The molecule has 4 nitrogen and oxygen atoms in total. The van der Waals surface area contributed by atoms with Crippen molar-refractivity contribution in [3.63, 3.8) is 0 Å². The van der Waals surface area contributed by atoms with Gasteiger partial charge in [0.15, 0.2) is 0 Å². The lowest BCUT2D eigenvalue weighted by molar-refractivity contribution is -0.121. The van der Waals surface area contributed by atoms with Crippen molar-refractivity contribution in [1.82, 2.24) is 5.32 Å². The predicted octanol–water partition coefficient (Wildman–Crippen LogP) is 2.77. The van der Waals surface area contributed by atoms with Crippen molar-refractivity contribution in [1.29, 1.82) is 0 Å². The van der Waals surface area contributed by atoms with E-state index in [9.17, 15) is 22.8 Å². The van der Waals surface area contributed by atoms with E-state index in [0.29, 0.717) is 6.92 Å². The maximum Gasteiger partial charge on any atom is 0.329 e. The van der Waals surface area contributed by atoms with Crippen molar-refractivity contribution >= 4 is 17.6 Å². The van der Waals surface area contributed by atoms with Gasteiger partial charge in [-0.3, -0.25) is 4.79 Å². The maximum atomic E-state index is 13.4. The number of nitrogens with zero attached hydrogens (tertiary/aromatic N) is 1. The van der Waals surface area contributed by atoms with Crippen LogP contribution in [0, 0.1) is 5.82 Å². The molecular formula is C13H13F3N2O2. The van der Waals surface area contributed by atoms with Crippen LogP contribution in [0.1, 0.15) is 26.3 Å². The van der Waals surface area contributed by atoms with Gasteiger partial charge < -0.3 is 5.32 Å². The fourth-order valence-electron chi connectivity index (χ4n) is 1.97. The summed E-state index contributed by atoms with van der Waals surface area (Å²) >= 11 is 0. The summed E-state index contributed by atoms with van der Waals surface area (Å²) in [4.78, 5) is 24.5. The largest absolute Gasteiger partial charge is 0.329 e. The highest BCUT2D eigenvalue weighted by Gasteiger charge is 2.45. The van der Waals surface area contributed by atoms with Gasteiger partial charge in [0, 0.05) is 6.92 Å². The number of benzene rings is 1. The smallest absolute Gasteiger partial charge is 0.323 e. The van der Waals surface area contributed by atoms with Crippen LogP contribution < -0.4 is 10.2 Å². The molecule has 7 heteroatoms. The molecule has 1 N–H and O–H groups in total. The van der Waals surface area contributed by atoms with Gasteiger partial charge >= 0.3 is 6.03 Å². The molecule has 1 aromatic rings. The lowest BCUT2D eigenvalue weighted by atomic mass is 10.1. The number of anilines is 1. The van der Waals surface area contributed by atoms with Crippen LogP contribution >= 0.6 is 0 Å². The third-order valence-electron chi connectivity index (χ3n) is 3.04. The molecule has 1 fully saturated rings. The molecule has 1 heterocycles. The molecule has 2 rings (SSSR count). The first-order valence-corrected chi connectivity index (χ1v) is 5.88. The third kappa shape index (κ3) is 2.23. The number of hydrogen-bond acceptors (Lipinski definition) is 2. The zero-order valence-corrected chi connectivity index (χ0v) is 11.1. The number of rotatable bonds is 2. The summed E-state index contributed by atoms with van der Waals surface area (Å²) in [6.45, 7) is 3.53. The van der Waals surface area contributed by atoms with Crippen LogP contribution in [0.25, 0.3) is 0 Å². The summed E-state index contributed by atoms with van der Waals surface area (Å²) < 4.78 is 40.0. The highest BCUT2D eigenvalue weighted by molar-refractivity contribution is 6.23. The quantitative estimate of drug-likeness (QED) is 0.850. The Kier molecular flexibility index (Phi) is 3.03. The van der Waals surface area contributed by atoms with Gasteiger partial charge in [-0.15, -0.1) is 0 Å². The molecular weight excluding hydrogens is 273 g/mol. The molecule has 1 aliphatic rings. The monoisotopic (exact) mass is 286 g/mol. The topological polar surface area (TPSA) is 49.4 Å². The van der Waals surface area contributed by atoms with E-state index in [1.807, 2.05) is 0 Å². The van der Waals surface area contributed by atoms with Gasteiger partial charge in [-0.25, -0.2) is 22.9 Å². The van der Waals surface area contributed by atoms with Crippen molar-refractivity contribution < 1.29 is 22.8 Å². The van der Waals surface area contributed by atoms with Gasteiger partial charge in [0.1, 0.15) is 11.4 Å². The minimum atomic E-state index is -3.41. The SMILES string of the molecule is CC1(C)NC(=O)N(c2ccc(F)c(C(C)(F)F)c2)C1=O. The summed E-state index contributed by atoms with van der Waals surface area (Å²) in [5, 5.41) is 2.42. The second kappa shape index (κ2) is 4.22. The molecule has 1 saturated heterocycles. The Morgan fingerprint density at radius 3 is 2.30 bits per heavy atom. The molecule has 0 unspecified atom stereocenters. The van der Waals surface area contributed by atoms with Crippen LogP contribution in [-0.4, -0.2) is 17.5 Å².